The first-order valence-electron chi connectivity index (χ1n) is 10.0. The molecule has 9 nitrogen and oxygen atoms in total. The maximum absolute atomic E-state index is 12.7. The van der Waals surface area contributed by atoms with Gasteiger partial charge in [-0.2, -0.15) is 0 Å². The second-order valence-electron chi connectivity index (χ2n) is 7.33. The fraction of sp³-hybridized carbons (Fsp3) is 0.0400. The Labute approximate surface area is 191 Å². The van der Waals surface area contributed by atoms with Gasteiger partial charge >= 0.3 is 5.97 Å². The van der Waals surface area contributed by atoms with E-state index in [2.05, 4.69) is 0 Å². The third kappa shape index (κ3) is 3.75. The lowest BCUT2D eigenvalue weighted by Crippen LogP contribution is -2.07. The van der Waals surface area contributed by atoms with Crippen LogP contribution in [0.4, 0.5) is 5.69 Å². The number of non-ortho nitro benzene ring substituents is 1. The molecule has 5 rings (SSSR count). The average Bonchev–Trinajstić information content (AvgIpc) is 3.40. The van der Waals surface area contributed by atoms with Gasteiger partial charge in [0.25, 0.3) is 5.69 Å². The van der Waals surface area contributed by atoms with Gasteiger partial charge in [0.2, 0.25) is 11.5 Å². The molecule has 0 fully saturated rings. The standard InChI is InChI=1S/C25H15NO8/c1-31-19-4-2-3-15-12-22(34-24(15)19)25(28)32-17-9-10-18-20(13-17)33-21(23(18)27)11-14-5-7-16(8-6-14)26(29)30/h2-13H,1H3/b21-11-. The molecule has 0 amide bonds. The first kappa shape index (κ1) is 21.0. The molecule has 168 valence electrons. The molecule has 0 saturated carbocycles. The van der Waals surface area contributed by atoms with Gasteiger partial charge in [0.1, 0.15) is 11.5 Å². The fourth-order valence-electron chi connectivity index (χ4n) is 3.53. The van der Waals surface area contributed by atoms with E-state index < -0.39 is 10.9 Å². The molecule has 34 heavy (non-hydrogen) atoms. The number of furan rings is 1. The van der Waals surface area contributed by atoms with Crippen LogP contribution < -0.4 is 14.2 Å². The van der Waals surface area contributed by atoms with Crippen molar-refractivity contribution < 1.29 is 33.1 Å². The largest absolute Gasteiger partial charge is 0.493 e. The van der Waals surface area contributed by atoms with E-state index in [1.807, 2.05) is 0 Å². The first-order valence-corrected chi connectivity index (χ1v) is 10.0. The minimum atomic E-state index is -0.718. The molecule has 9 heteroatoms. The molecule has 0 N–H and O–H groups in total. The summed E-state index contributed by atoms with van der Waals surface area (Å²) in [7, 11) is 1.51. The van der Waals surface area contributed by atoms with E-state index in [0.29, 0.717) is 27.8 Å². The predicted molar refractivity (Wildman–Crippen MR) is 120 cm³/mol. The number of para-hydroxylation sites is 1. The molecule has 1 aliphatic heterocycles. The number of Topliss-reactive ketones (excluding diaryl/α,β-unsaturated/α-hetero) is 1. The summed E-state index contributed by atoms with van der Waals surface area (Å²) in [6.45, 7) is 0. The van der Waals surface area contributed by atoms with Crippen LogP contribution in [-0.2, 0) is 0 Å². The van der Waals surface area contributed by atoms with E-state index >= 15 is 0 Å². The predicted octanol–water partition coefficient (Wildman–Crippen LogP) is 5.19. The third-order valence-electron chi connectivity index (χ3n) is 5.18. The van der Waals surface area contributed by atoms with Crippen LogP contribution in [0.1, 0.15) is 26.5 Å². The molecule has 0 saturated heterocycles. The number of nitro groups is 1. The Hall–Kier alpha value is -4.92. The number of fused-ring (bicyclic) bond motifs is 2. The van der Waals surface area contributed by atoms with Crippen LogP contribution in [0.2, 0.25) is 0 Å². The Morgan fingerprint density at radius 2 is 1.85 bits per heavy atom. The van der Waals surface area contributed by atoms with Gasteiger partial charge in [-0.15, -0.1) is 0 Å². The lowest BCUT2D eigenvalue weighted by Gasteiger charge is -2.04. The van der Waals surface area contributed by atoms with Gasteiger partial charge in [0, 0.05) is 23.6 Å². The summed E-state index contributed by atoms with van der Waals surface area (Å²) in [5.41, 5.74) is 1.24. The van der Waals surface area contributed by atoms with Crippen molar-refractivity contribution in [2.75, 3.05) is 7.11 Å². The summed E-state index contributed by atoms with van der Waals surface area (Å²) in [6, 6.07) is 17.0. The minimum absolute atomic E-state index is 0.00394. The van der Waals surface area contributed by atoms with E-state index in [4.69, 9.17) is 18.6 Å². The molecular formula is C25H15NO8. The van der Waals surface area contributed by atoms with E-state index in [9.17, 15) is 19.7 Å². The lowest BCUT2D eigenvalue weighted by atomic mass is 10.1. The van der Waals surface area contributed by atoms with Gasteiger partial charge in [-0.05, 0) is 48.0 Å². The molecule has 0 spiro atoms. The Kier molecular flexibility index (Phi) is 5.06. The van der Waals surface area contributed by atoms with Gasteiger partial charge in [0.05, 0.1) is 17.6 Å². The summed E-state index contributed by atoms with van der Waals surface area (Å²) in [5, 5.41) is 11.5. The number of ether oxygens (including phenoxy) is 3. The number of esters is 1. The zero-order valence-corrected chi connectivity index (χ0v) is 17.6. The molecule has 3 aromatic carbocycles. The molecule has 1 aliphatic rings. The average molecular weight is 457 g/mol. The SMILES string of the molecule is COc1cccc2cc(C(=O)Oc3ccc4c(c3)O/C(=C\c3ccc([N+](=O)[O-])cc3)C4=O)oc12. The van der Waals surface area contributed by atoms with Crippen molar-refractivity contribution >= 4 is 34.5 Å². The van der Waals surface area contributed by atoms with Gasteiger partial charge < -0.3 is 18.6 Å². The molecule has 0 atom stereocenters. The van der Waals surface area contributed by atoms with Crippen molar-refractivity contribution in [2.24, 2.45) is 0 Å². The van der Waals surface area contributed by atoms with E-state index in [0.717, 1.165) is 0 Å². The third-order valence-corrected chi connectivity index (χ3v) is 5.18. The van der Waals surface area contributed by atoms with E-state index in [-0.39, 0.29) is 34.5 Å². The number of allylic oxidation sites excluding steroid dienone is 1. The number of methoxy groups -OCH3 is 1. The summed E-state index contributed by atoms with van der Waals surface area (Å²) >= 11 is 0. The number of benzene rings is 3. The number of carbonyl (C=O) groups excluding carboxylic acids is 2. The first-order chi connectivity index (χ1) is 16.4. The Morgan fingerprint density at radius 1 is 1.06 bits per heavy atom. The van der Waals surface area contributed by atoms with Crippen molar-refractivity contribution in [1.82, 2.24) is 0 Å². The zero-order valence-electron chi connectivity index (χ0n) is 17.6. The normalized spacial score (nSPS) is 13.6. The smallest absolute Gasteiger partial charge is 0.379 e. The number of hydrogen-bond acceptors (Lipinski definition) is 8. The van der Waals surface area contributed by atoms with Crippen LogP contribution >= 0.6 is 0 Å². The van der Waals surface area contributed by atoms with Gasteiger partial charge in [-0.25, -0.2) is 4.79 Å². The second-order valence-corrected chi connectivity index (χ2v) is 7.33. The molecule has 1 aromatic heterocycles. The van der Waals surface area contributed by atoms with Crippen LogP contribution in [0.15, 0.2) is 76.9 Å². The van der Waals surface area contributed by atoms with E-state index in [1.165, 1.54) is 55.7 Å². The lowest BCUT2D eigenvalue weighted by molar-refractivity contribution is -0.384. The fourth-order valence-corrected chi connectivity index (χ4v) is 3.53. The number of nitro benzene ring substituents is 1. The second kappa shape index (κ2) is 8.21. The molecular weight excluding hydrogens is 442 g/mol. The van der Waals surface area contributed by atoms with E-state index in [1.54, 1.807) is 24.3 Å². The van der Waals surface area contributed by atoms with Crippen LogP contribution in [0, 0.1) is 10.1 Å². The quantitative estimate of drug-likeness (QED) is 0.132. The summed E-state index contributed by atoms with van der Waals surface area (Å²) < 4.78 is 21.9. The van der Waals surface area contributed by atoms with Gasteiger partial charge in [-0.1, -0.05) is 12.1 Å². The van der Waals surface area contributed by atoms with Crippen molar-refractivity contribution in [2.45, 2.75) is 0 Å². The maximum atomic E-state index is 12.7. The van der Waals surface area contributed by atoms with Crippen LogP contribution in [-0.4, -0.2) is 23.8 Å². The number of ketones is 1. The van der Waals surface area contributed by atoms with Crippen LogP contribution in [0.5, 0.6) is 17.2 Å². The van der Waals surface area contributed by atoms with Crippen LogP contribution in [0.25, 0.3) is 17.0 Å². The van der Waals surface area contributed by atoms with Crippen molar-refractivity contribution in [3.8, 4) is 17.2 Å². The Morgan fingerprint density at radius 3 is 2.59 bits per heavy atom. The highest BCUT2D eigenvalue weighted by Crippen LogP contribution is 2.35. The summed E-state index contributed by atoms with van der Waals surface area (Å²) in [6.07, 6.45) is 1.49. The monoisotopic (exact) mass is 457 g/mol. The Bertz CT molecular complexity index is 1500. The molecule has 4 aromatic rings. The number of nitrogens with zero attached hydrogens (tertiary/aromatic N) is 1. The van der Waals surface area contributed by atoms with Gasteiger partial charge in [0.15, 0.2) is 17.1 Å². The number of hydrogen-bond donors (Lipinski definition) is 0. The maximum Gasteiger partial charge on any atom is 0.379 e. The summed E-state index contributed by atoms with van der Waals surface area (Å²) in [4.78, 5) is 35.5. The zero-order chi connectivity index (χ0) is 23.8. The molecule has 0 aliphatic carbocycles. The molecule has 0 unspecified atom stereocenters. The van der Waals surface area contributed by atoms with Gasteiger partial charge in [-0.3, -0.25) is 14.9 Å². The highest BCUT2D eigenvalue weighted by atomic mass is 16.6. The number of carbonyl (C=O) groups is 2. The Balaban J connectivity index is 1.35. The molecule has 2 heterocycles. The summed E-state index contributed by atoms with van der Waals surface area (Å²) in [5.74, 6) is -0.129. The highest BCUT2D eigenvalue weighted by Gasteiger charge is 2.28. The van der Waals surface area contributed by atoms with Crippen molar-refractivity contribution in [3.05, 3.63) is 99.5 Å². The topological polar surface area (TPSA) is 118 Å². The van der Waals surface area contributed by atoms with Crippen molar-refractivity contribution in [1.29, 1.82) is 0 Å². The number of rotatable bonds is 5. The molecule has 0 bridgehead atoms. The minimum Gasteiger partial charge on any atom is -0.493 e. The van der Waals surface area contributed by atoms with Crippen molar-refractivity contribution in [3.63, 3.8) is 0 Å². The van der Waals surface area contributed by atoms with Crippen LogP contribution in [0.3, 0.4) is 0 Å². The highest BCUT2D eigenvalue weighted by molar-refractivity contribution is 6.14. The molecule has 0 radical (unpaired) electrons.